The average Bonchev–Trinajstić information content (AvgIpc) is 2.39. The molecule has 0 aliphatic heterocycles. The number of aliphatic hydroxyl groups is 1. The first-order valence-corrected chi connectivity index (χ1v) is 6.25. The third-order valence-electron chi connectivity index (χ3n) is 3.35. The average molecular weight is 228 g/mol. The summed E-state index contributed by atoms with van der Waals surface area (Å²) in [7, 11) is 0. The fourth-order valence-electron chi connectivity index (χ4n) is 2.32. The quantitative estimate of drug-likeness (QED) is 0.622. The zero-order valence-corrected chi connectivity index (χ0v) is 10.3. The summed E-state index contributed by atoms with van der Waals surface area (Å²) in [6.07, 6.45) is 4.75. The molecule has 94 valence electrons. The highest BCUT2D eigenvalue weighted by Gasteiger charge is 2.27. The number of aliphatic hydroxyl groups excluding tert-OH is 1. The van der Waals surface area contributed by atoms with Crippen LogP contribution in [0.15, 0.2) is 0 Å². The van der Waals surface area contributed by atoms with Crippen molar-refractivity contribution in [2.24, 2.45) is 11.7 Å². The van der Waals surface area contributed by atoms with Crippen molar-refractivity contribution in [1.29, 1.82) is 0 Å². The van der Waals surface area contributed by atoms with E-state index in [-0.39, 0.29) is 30.0 Å². The molecular formula is C12H24N2O2. The lowest BCUT2D eigenvalue weighted by Gasteiger charge is -2.28. The second-order valence-electron chi connectivity index (χ2n) is 5.10. The largest absolute Gasteiger partial charge is 0.392 e. The SMILES string of the molecule is CC(C)C(NC1CCCCCC1O)C(N)=O. The second-order valence-corrected chi connectivity index (χ2v) is 5.10. The minimum Gasteiger partial charge on any atom is -0.392 e. The van der Waals surface area contributed by atoms with Crippen LogP contribution in [0.2, 0.25) is 0 Å². The summed E-state index contributed by atoms with van der Waals surface area (Å²) in [5, 5.41) is 13.2. The fraction of sp³-hybridized carbons (Fsp3) is 0.917. The molecule has 1 rings (SSSR count). The Morgan fingerprint density at radius 2 is 1.94 bits per heavy atom. The van der Waals surface area contributed by atoms with Crippen LogP contribution in [-0.4, -0.2) is 29.2 Å². The van der Waals surface area contributed by atoms with Gasteiger partial charge in [0.25, 0.3) is 0 Å². The Kier molecular flexibility index (Phi) is 5.22. The van der Waals surface area contributed by atoms with E-state index in [1.807, 2.05) is 13.8 Å². The van der Waals surface area contributed by atoms with Gasteiger partial charge in [-0.2, -0.15) is 0 Å². The van der Waals surface area contributed by atoms with Crippen molar-refractivity contribution in [2.75, 3.05) is 0 Å². The highest BCUT2D eigenvalue weighted by Crippen LogP contribution is 2.19. The molecule has 0 aromatic rings. The Morgan fingerprint density at radius 3 is 2.50 bits per heavy atom. The lowest BCUT2D eigenvalue weighted by Crippen LogP contribution is -2.52. The van der Waals surface area contributed by atoms with Crippen molar-refractivity contribution < 1.29 is 9.90 Å². The van der Waals surface area contributed by atoms with Gasteiger partial charge in [-0.1, -0.05) is 33.1 Å². The van der Waals surface area contributed by atoms with Gasteiger partial charge >= 0.3 is 0 Å². The molecule has 0 saturated heterocycles. The van der Waals surface area contributed by atoms with Crippen molar-refractivity contribution in [3.8, 4) is 0 Å². The number of nitrogens with two attached hydrogens (primary N) is 1. The standard InChI is InChI=1S/C12H24N2O2/c1-8(2)11(12(13)16)14-9-6-4-3-5-7-10(9)15/h8-11,14-15H,3-7H2,1-2H3,(H2,13,16). The number of rotatable bonds is 4. The molecule has 16 heavy (non-hydrogen) atoms. The highest BCUT2D eigenvalue weighted by atomic mass is 16.3. The molecule has 0 aromatic heterocycles. The lowest BCUT2D eigenvalue weighted by molar-refractivity contribution is -0.121. The molecule has 3 atom stereocenters. The fourth-order valence-corrected chi connectivity index (χ4v) is 2.32. The third kappa shape index (κ3) is 3.76. The van der Waals surface area contributed by atoms with Gasteiger partial charge in [0.1, 0.15) is 0 Å². The molecule has 4 N–H and O–H groups in total. The monoisotopic (exact) mass is 228 g/mol. The van der Waals surface area contributed by atoms with E-state index in [1.165, 1.54) is 0 Å². The van der Waals surface area contributed by atoms with E-state index in [1.54, 1.807) is 0 Å². The molecule has 0 heterocycles. The predicted octanol–water partition coefficient (Wildman–Crippen LogP) is 0.779. The summed E-state index contributed by atoms with van der Waals surface area (Å²) >= 11 is 0. The van der Waals surface area contributed by atoms with Crippen molar-refractivity contribution in [1.82, 2.24) is 5.32 Å². The molecule has 3 unspecified atom stereocenters. The normalized spacial score (nSPS) is 28.8. The van der Waals surface area contributed by atoms with E-state index >= 15 is 0 Å². The van der Waals surface area contributed by atoms with Crippen LogP contribution in [-0.2, 0) is 4.79 Å². The van der Waals surface area contributed by atoms with E-state index in [0.29, 0.717) is 0 Å². The zero-order valence-electron chi connectivity index (χ0n) is 10.3. The first kappa shape index (κ1) is 13.5. The number of amides is 1. The van der Waals surface area contributed by atoms with Gasteiger partial charge in [-0.15, -0.1) is 0 Å². The molecule has 1 aliphatic carbocycles. The van der Waals surface area contributed by atoms with E-state index in [9.17, 15) is 9.90 Å². The summed E-state index contributed by atoms with van der Waals surface area (Å²) in [6.45, 7) is 3.93. The molecule has 4 nitrogen and oxygen atoms in total. The highest BCUT2D eigenvalue weighted by molar-refractivity contribution is 5.80. The Labute approximate surface area is 97.6 Å². The van der Waals surface area contributed by atoms with Gasteiger partial charge in [0, 0.05) is 6.04 Å². The molecule has 0 radical (unpaired) electrons. The number of carbonyl (C=O) groups is 1. The van der Waals surface area contributed by atoms with Crippen LogP contribution in [0.3, 0.4) is 0 Å². The third-order valence-corrected chi connectivity index (χ3v) is 3.35. The summed E-state index contributed by atoms with van der Waals surface area (Å²) in [5.74, 6) is -0.167. The van der Waals surface area contributed by atoms with Crippen molar-refractivity contribution >= 4 is 5.91 Å². The Morgan fingerprint density at radius 1 is 1.31 bits per heavy atom. The second kappa shape index (κ2) is 6.21. The maximum Gasteiger partial charge on any atom is 0.234 e. The minimum atomic E-state index is -0.344. The lowest BCUT2D eigenvalue weighted by atomic mass is 9.99. The first-order valence-electron chi connectivity index (χ1n) is 6.25. The van der Waals surface area contributed by atoms with E-state index in [2.05, 4.69) is 5.32 Å². The van der Waals surface area contributed by atoms with Crippen LogP contribution in [0.5, 0.6) is 0 Å². The number of hydrogen-bond acceptors (Lipinski definition) is 3. The van der Waals surface area contributed by atoms with Crippen LogP contribution < -0.4 is 11.1 Å². The molecule has 0 bridgehead atoms. The topological polar surface area (TPSA) is 75.3 Å². The van der Waals surface area contributed by atoms with Crippen LogP contribution in [0.25, 0.3) is 0 Å². The van der Waals surface area contributed by atoms with Crippen LogP contribution in [0, 0.1) is 5.92 Å². The number of carbonyl (C=O) groups excluding carboxylic acids is 1. The summed E-state index contributed by atoms with van der Waals surface area (Å²) < 4.78 is 0. The summed E-state index contributed by atoms with van der Waals surface area (Å²) in [4.78, 5) is 11.3. The minimum absolute atomic E-state index is 0.0161. The molecule has 0 spiro atoms. The molecule has 1 amide bonds. The Bertz CT molecular complexity index is 231. The van der Waals surface area contributed by atoms with Crippen molar-refractivity contribution in [3.05, 3.63) is 0 Å². The van der Waals surface area contributed by atoms with Crippen molar-refractivity contribution in [3.63, 3.8) is 0 Å². The van der Waals surface area contributed by atoms with Gasteiger partial charge in [0.05, 0.1) is 12.1 Å². The van der Waals surface area contributed by atoms with E-state index in [4.69, 9.17) is 5.73 Å². The van der Waals surface area contributed by atoms with E-state index < -0.39 is 0 Å². The number of hydrogen-bond donors (Lipinski definition) is 3. The molecular weight excluding hydrogens is 204 g/mol. The molecule has 1 saturated carbocycles. The van der Waals surface area contributed by atoms with Gasteiger partial charge < -0.3 is 16.2 Å². The maximum atomic E-state index is 11.3. The van der Waals surface area contributed by atoms with Gasteiger partial charge in [-0.3, -0.25) is 4.79 Å². The summed E-state index contributed by atoms with van der Waals surface area (Å²) in [5.41, 5.74) is 5.36. The van der Waals surface area contributed by atoms with Gasteiger partial charge in [0.15, 0.2) is 0 Å². The maximum absolute atomic E-state index is 11.3. The Hall–Kier alpha value is -0.610. The summed E-state index contributed by atoms with van der Waals surface area (Å²) in [6, 6.07) is -0.319. The van der Waals surface area contributed by atoms with Gasteiger partial charge in [-0.05, 0) is 18.8 Å². The van der Waals surface area contributed by atoms with E-state index in [0.717, 1.165) is 32.1 Å². The van der Waals surface area contributed by atoms with Crippen LogP contribution >= 0.6 is 0 Å². The smallest absolute Gasteiger partial charge is 0.234 e. The first-order chi connectivity index (χ1) is 7.52. The van der Waals surface area contributed by atoms with Crippen molar-refractivity contribution in [2.45, 2.75) is 64.1 Å². The van der Waals surface area contributed by atoms with Gasteiger partial charge in [-0.25, -0.2) is 0 Å². The molecule has 1 fully saturated rings. The molecule has 1 aliphatic rings. The van der Waals surface area contributed by atoms with Gasteiger partial charge in [0.2, 0.25) is 5.91 Å². The predicted molar refractivity (Wildman–Crippen MR) is 63.8 cm³/mol. The van der Waals surface area contributed by atoms with Crippen LogP contribution in [0.1, 0.15) is 46.0 Å². The molecule has 0 aromatic carbocycles. The zero-order chi connectivity index (χ0) is 12.1. The number of nitrogens with one attached hydrogen (secondary N) is 1. The Balaban J connectivity index is 2.57. The van der Waals surface area contributed by atoms with Crippen LogP contribution in [0.4, 0.5) is 0 Å². The molecule has 4 heteroatoms. The number of primary amides is 1.